The van der Waals surface area contributed by atoms with Crippen LogP contribution < -0.4 is 4.74 Å². The van der Waals surface area contributed by atoms with Gasteiger partial charge in [-0.2, -0.15) is 0 Å². The van der Waals surface area contributed by atoms with Crippen LogP contribution in [0, 0.1) is 19.8 Å². The molecule has 4 heteroatoms. The van der Waals surface area contributed by atoms with Gasteiger partial charge in [-0.15, -0.1) is 0 Å². The first-order chi connectivity index (χ1) is 16.9. The number of piperidine rings is 2. The molecule has 0 radical (unpaired) electrons. The maximum Gasteiger partial charge on any atom is 0.134 e. The average Bonchev–Trinajstić information content (AvgIpc) is 2.86. The summed E-state index contributed by atoms with van der Waals surface area (Å²) in [5, 5.41) is 3.06. The molecule has 3 aromatic rings. The van der Waals surface area contributed by atoms with E-state index in [0.717, 1.165) is 56.0 Å². The van der Waals surface area contributed by atoms with E-state index in [2.05, 4.69) is 42.2 Å². The highest BCUT2D eigenvalue weighted by Crippen LogP contribution is 2.37. The molecule has 5 rings (SSSR count). The molecule has 2 fully saturated rings. The molecule has 0 N–H and O–H groups in total. The first-order valence-electron chi connectivity index (χ1n) is 13.1. The van der Waals surface area contributed by atoms with Gasteiger partial charge in [0.15, 0.2) is 0 Å². The molecule has 3 aromatic carbocycles. The summed E-state index contributed by atoms with van der Waals surface area (Å²) in [6.07, 6.45) is 6.95. The molecule has 0 spiro atoms. The standard InChI is InChI=1S/C31H36ClNO2/c1-20-9-10-24(17-30(20)32)29-16-23-11-12-26(18-27(23)22(3)28(29)15-21(2)34)35-19-25-7-6-14-33-13-5-4-8-31(25)33/h9-12,16-18,25,31H,4-8,13-15,19H2,1-3H3. The Bertz CT molecular complexity index is 1250. The van der Waals surface area contributed by atoms with Gasteiger partial charge in [-0.1, -0.05) is 36.2 Å². The van der Waals surface area contributed by atoms with E-state index in [1.165, 1.54) is 45.2 Å². The Morgan fingerprint density at radius 2 is 1.86 bits per heavy atom. The van der Waals surface area contributed by atoms with Crippen LogP contribution in [0.15, 0.2) is 42.5 Å². The van der Waals surface area contributed by atoms with Crippen molar-refractivity contribution in [3.8, 4) is 16.9 Å². The zero-order valence-corrected chi connectivity index (χ0v) is 22.0. The monoisotopic (exact) mass is 489 g/mol. The van der Waals surface area contributed by atoms with E-state index in [0.29, 0.717) is 18.4 Å². The smallest absolute Gasteiger partial charge is 0.134 e. The van der Waals surface area contributed by atoms with Gasteiger partial charge in [-0.25, -0.2) is 0 Å². The molecule has 2 saturated heterocycles. The number of Topliss-reactive ketones (excluding diaryl/α,β-unsaturated/α-hetero) is 1. The molecule has 3 nitrogen and oxygen atoms in total. The average molecular weight is 490 g/mol. The Kier molecular flexibility index (Phi) is 7.18. The third-order valence-corrected chi connectivity index (χ3v) is 8.51. The zero-order chi connectivity index (χ0) is 24.5. The highest BCUT2D eigenvalue weighted by molar-refractivity contribution is 6.31. The molecule has 2 atom stereocenters. The maximum absolute atomic E-state index is 12.2. The predicted molar refractivity (Wildman–Crippen MR) is 146 cm³/mol. The fraction of sp³-hybridized carbons (Fsp3) is 0.452. The lowest BCUT2D eigenvalue weighted by Gasteiger charge is -2.44. The maximum atomic E-state index is 12.2. The van der Waals surface area contributed by atoms with Gasteiger partial charge in [0, 0.05) is 23.4 Å². The van der Waals surface area contributed by atoms with Crippen LogP contribution in [-0.4, -0.2) is 36.4 Å². The topological polar surface area (TPSA) is 29.5 Å². The Morgan fingerprint density at radius 3 is 2.66 bits per heavy atom. The summed E-state index contributed by atoms with van der Waals surface area (Å²) in [7, 11) is 0. The van der Waals surface area contributed by atoms with Gasteiger partial charge in [0.2, 0.25) is 0 Å². The van der Waals surface area contributed by atoms with Crippen LogP contribution in [0.1, 0.15) is 55.7 Å². The first-order valence-corrected chi connectivity index (χ1v) is 13.5. The number of ether oxygens (including phenoxy) is 1. The van der Waals surface area contributed by atoms with Gasteiger partial charge < -0.3 is 4.74 Å². The molecular weight excluding hydrogens is 454 g/mol. The molecule has 0 amide bonds. The van der Waals surface area contributed by atoms with Crippen molar-refractivity contribution in [1.82, 2.24) is 4.90 Å². The number of aryl methyl sites for hydroxylation is 2. The van der Waals surface area contributed by atoms with Crippen LogP contribution in [0.3, 0.4) is 0 Å². The molecule has 184 valence electrons. The van der Waals surface area contributed by atoms with Gasteiger partial charge >= 0.3 is 0 Å². The van der Waals surface area contributed by atoms with Crippen molar-refractivity contribution in [3.05, 3.63) is 64.2 Å². The predicted octanol–water partition coefficient (Wildman–Crippen LogP) is 7.55. The van der Waals surface area contributed by atoms with E-state index in [1.54, 1.807) is 6.92 Å². The van der Waals surface area contributed by atoms with Crippen molar-refractivity contribution >= 4 is 28.2 Å². The van der Waals surface area contributed by atoms with Crippen molar-refractivity contribution in [3.63, 3.8) is 0 Å². The molecule has 0 aliphatic carbocycles. The van der Waals surface area contributed by atoms with Gasteiger partial charge in [-0.3, -0.25) is 9.69 Å². The minimum Gasteiger partial charge on any atom is -0.493 e. The van der Waals surface area contributed by atoms with E-state index in [-0.39, 0.29) is 5.78 Å². The van der Waals surface area contributed by atoms with E-state index in [1.807, 2.05) is 19.1 Å². The highest BCUT2D eigenvalue weighted by Gasteiger charge is 2.33. The normalized spacial score (nSPS) is 20.6. The zero-order valence-electron chi connectivity index (χ0n) is 21.2. The minimum atomic E-state index is 0.161. The molecule has 2 heterocycles. The van der Waals surface area contributed by atoms with Gasteiger partial charge in [0.1, 0.15) is 11.5 Å². The second-order valence-corrected chi connectivity index (χ2v) is 11.0. The van der Waals surface area contributed by atoms with Crippen molar-refractivity contribution in [2.24, 2.45) is 5.92 Å². The highest BCUT2D eigenvalue weighted by atomic mass is 35.5. The summed E-state index contributed by atoms with van der Waals surface area (Å²) in [6.45, 7) is 9.09. The van der Waals surface area contributed by atoms with E-state index < -0.39 is 0 Å². The third kappa shape index (κ3) is 5.13. The van der Waals surface area contributed by atoms with Crippen LogP contribution in [0.5, 0.6) is 5.75 Å². The van der Waals surface area contributed by atoms with E-state index in [4.69, 9.17) is 16.3 Å². The second-order valence-electron chi connectivity index (χ2n) is 10.6. The lowest BCUT2D eigenvalue weighted by atomic mass is 9.84. The Morgan fingerprint density at radius 1 is 1.03 bits per heavy atom. The summed E-state index contributed by atoms with van der Waals surface area (Å²) < 4.78 is 6.41. The van der Waals surface area contributed by atoms with E-state index in [9.17, 15) is 4.79 Å². The number of halogens is 1. The number of hydrogen-bond donors (Lipinski definition) is 0. The van der Waals surface area contributed by atoms with E-state index >= 15 is 0 Å². The number of hydrogen-bond acceptors (Lipinski definition) is 3. The fourth-order valence-electron chi connectivity index (χ4n) is 6.15. The fourth-order valence-corrected chi connectivity index (χ4v) is 6.33. The summed E-state index contributed by atoms with van der Waals surface area (Å²) in [4.78, 5) is 14.9. The Balaban J connectivity index is 1.45. The summed E-state index contributed by atoms with van der Waals surface area (Å²) in [5.74, 6) is 1.70. The molecule has 0 bridgehead atoms. The third-order valence-electron chi connectivity index (χ3n) is 8.11. The first kappa shape index (κ1) is 24.3. The largest absolute Gasteiger partial charge is 0.493 e. The van der Waals surface area contributed by atoms with Gasteiger partial charge in [0.05, 0.1) is 6.61 Å². The van der Waals surface area contributed by atoms with Crippen molar-refractivity contribution < 1.29 is 9.53 Å². The van der Waals surface area contributed by atoms with Crippen molar-refractivity contribution in [2.45, 2.75) is 65.3 Å². The molecule has 2 aliphatic rings. The van der Waals surface area contributed by atoms with Gasteiger partial charge in [0.25, 0.3) is 0 Å². The minimum absolute atomic E-state index is 0.161. The second kappa shape index (κ2) is 10.3. The molecule has 0 saturated carbocycles. The molecular formula is C31H36ClNO2. The number of rotatable bonds is 6. The number of ketones is 1. The Hall–Kier alpha value is -2.36. The summed E-state index contributed by atoms with van der Waals surface area (Å²) in [5.41, 5.74) is 5.41. The van der Waals surface area contributed by atoms with Crippen LogP contribution >= 0.6 is 11.6 Å². The summed E-state index contributed by atoms with van der Waals surface area (Å²) in [6, 6.07) is 15.5. The number of fused-ring (bicyclic) bond motifs is 2. The van der Waals surface area contributed by atoms with Gasteiger partial charge in [-0.05, 0) is 122 Å². The van der Waals surface area contributed by atoms with Crippen LogP contribution in [0.2, 0.25) is 5.02 Å². The lowest BCUT2D eigenvalue weighted by molar-refractivity contribution is -0.116. The molecule has 2 aliphatic heterocycles. The van der Waals surface area contributed by atoms with Crippen LogP contribution in [0.4, 0.5) is 0 Å². The summed E-state index contributed by atoms with van der Waals surface area (Å²) >= 11 is 6.46. The number of nitrogens with zero attached hydrogens (tertiary/aromatic N) is 1. The van der Waals surface area contributed by atoms with Crippen LogP contribution in [0.25, 0.3) is 21.9 Å². The SMILES string of the molecule is CC(=O)Cc1c(-c2ccc(C)c(Cl)c2)cc2ccc(OCC3CCCN4CCCCC34)cc2c1C. The quantitative estimate of drug-likeness (QED) is 0.358. The number of carbonyl (C=O) groups is 1. The molecule has 0 aromatic heterocycles. The Labute approximate surface area is 214 Å². The lowest BCUT2D eigenvalue weighted by Crippen LogP contribution is -2.49. The van der Waals surface area contributed by atoms with Crippen LogP contribution in [-0.2, 0) is 11.2 Å². The molecule has 2 unspecified atom stereocenters. The van der Waals surface area contributed by atoms with Crippen molar-refractivity contribution in [2.75, 3.05) is 19.7 Å². The van der Waals surface area contributed by atoms with Crippen molar-refractivity contribution in [1.29, 1.82) is 0 Å². The number of benzene rings is 3. The molecule has 35 heavy (non-hydrogen) atoms. The number of carbonyl (C=O) groups excluding carboxylic acids is 1.